The predicted octanol–water partition coefficient (Wildman–Crippen LogP) is 5.76. The van der Waals surface area contributed by atoms with E-state index in [-0.39, 0.29) is 0 Å². The van der Waals surface area contributed by atoms with Crippen LogP contribution in [0.2, 0.25) is 0 Å². The van der Waals surface area contributed by atoms with E-state index in [0.29, 0.717) is 12.3 Å². The molecule has 2 aromatic carbocycles. The number of nitrogens with zero attached hydrogens (tertiary/aromatic N) is 1. The maximum absolute atomic E-state index is 11.6. The van der Waals surface area contributed by atoms with Crippen molar-refractivity contribution in [3.05, 3.63) is 94.7 Å². The summed E-state index contributed by atoms with van der Waals surface area (Å²) in [6.07, 6.45) is 2.80. The van der Waals surface area contributed by atoms with Gasteiger partial charge in [0.1, 0.15) is 12.4 Å². The SMILES string of the molecule is O=Cc1c(-c2ccc(OCc3ccccc3)c(Br)c2)cc2ccccn12. The van der Waals surface area contributed by atoms with Gasteiger partial charge >= 0.3 is 0 Å². The van der Waals surface area contributed by atoms with Gasteiger partial charge in [-0.15, -0.1) is 0 Å². The number of ether oxygens (including phenoxy) is 1. The van der Waals surface area contributed by atoms with E-state index in [1.54, 1.807) is 0 Å². The maximum Gasteiger partial charge on any atom is 0.167 e. The zero-order chi connectivity index (χ0) is 17.9. The van der Waals surface area contributed by atoms with Gasteiger partial charge in [-0.1, -0.05) is 42.5 Å². The molecule has 2 aromatic heterocycles. The third-order valence-corrected chi connectivity index (χ3v) is 4.93. The molecule has 4 heteroatoms. The first-order valence-electron chi connectivity index (χ1n) is 8.28. The van der Waals surface area contributed by atoms with E-state index in [1.807, 2.05) is 83.4 Å². The summed E-state index contributed by atoms with van der Waals surface area (Å²) in [6.45, 7) is 0.508. The summed E-state index contributed by atoms with van der Waals surface area (Å²) < 4.78 is 8.67. The van der Waals surface area contributed by atoms with Crippen LogP contribution in [0.3, 0.4) is 0 Å². The number of pyridine rings is 1. The highest BCUT2D eigenvalue weighted by Gasteiger charge is 2.13. The normalized spacial score (nSPS) is 10.8. The second-order valence-electron chi connectivity index (χ2n) is 5.98. The average Bonchev–Trinajstić information content (AvgIpc) is 3.06. The Balaban J connectivity index is 1.65. The van der Waals surface area contributed by atoms with Gasteiger partial charge in [-0.3, -0.25) is 4.79 Å². The van der Waals surface area contributed by atoms with Crippen molar-refractivity contribution in [3.63, 3.8) is 0 Å². The van der Waals surface area contributed by atoms with Crippen LogP contribution in [0.1, 0.15) is 16.1 Å². The topological polar surface area (TPSA) is 30.7 Å². The molecule has 0 spiro atoms. The summed E-state index contributed by atoms with van der Waals surface area (Å²) in [7, 11) is 0. The number of halogens is 1. The Morgan fingerprint density at radius 2 is 1.77 bits per heavy atom. The van der Waals surface area contributed by atoms with Crippen LogP contribution in [0, 0.1) is 0 Å². The van der Waals surface area contributed by atoms with Crippen LogP contribution in [0.15, 0.2) is 83.5 Å². The lowest BCUT2D eigenvalue weighted by Crippen LogP contribution is -1.96. The van der Waals surface area contributed by atoms with Gasteiger partial charge in [-0.05, 0) is 57.4 Å². The Hall–Kier alpha value is -2.85. The van der Waals surface area contributed by atoms with Gasteiger partial charge in [0.05, 0.1) is 10.2 Å². The molecule has 0 unspecified atom stereocenters. The van der Waals surface area contributed by atoms with Crippen LogP contribution >= 0.6 is 15.9 Å². The molecule has 3 nitrogen and oxygen atoms in total. The molecule has 0 amide bonds. The van der Waals surface area contributed by atoms with E-state index < -0.39 is 0 Å². The molecule has 128 valence electrons. The molecule has 0 radical (unpaired) electrons. The van der Waals surface area contributed by atoms with Crippen LogP contribution in [-0.4, -0.2) is 10.7 Å². The Labute approximate surface area is 160 Å². The Kier molecular flexibility index (Phi) is 4.59. The van der Waals surface area contributed by atoms with E-state index in [4.69, 9.17) is 4.74 Å². The number of aromatic nitrogens is 1. The van der Waals surface area contributed by atoms with Gasteiger partial charge in [0, 0.05) is 17.3 Å². The summed E-state index contributed by atoms with van der Waals surface area (Å²) in [5, 5.41) is 0. The van der Waals surface area contributed by atoms with Crippen LogP contribution in [0.25, 0.3) is 16.6 Å². The highest BCUT2D eigenvalue weighted by Crippen LogP contribution is 2.33. The van der Waals surface area contributed by atoms with Crippen molar-refractivity contribution >= 4 is 27.7 Å². The predicted molar refractivity (Wildman–Crippen MR) is 107 cm³/mol. The van der Waals surface area contributed by atoms with Crippen LogP contribution in [0.4, 0.5) is 0 Å². The first-order valence-corrected chi connectivity index (χ1v) is 9.07. The zero-order valence-corrected chi connectivity index (χ0v) is 15.5. The van der Waals surface area contributed by atoms with E-state index in [0.717, 1.165) is 38.7 Å². The molecule has 0 fully saturated rings. The molecule has 4 rings (SSSR count). The maximum atomic E-state index is 11.6. The molecule has 0 aliphatic carbocycles. The molecular weight excluding hydrogens is 390 g/mol. The molecule has 2 heterocycles. The molecule has 4 aromatic rings. The molecule has 26 heavy (non-hydrogen) atoms. The van der Waals surface area contributed by atoms with Crippen molar-refractivity contribution < 1.29 is 9.53 Å². The molecule has 0 aliphatic rings. The number of rotatable bonds is 5. The van der Waals surface area contributed by atoms with Crippen molar-refractivity contribution in [2.45, 2.75) is 6.61 Å². The summed E-state index contributed by atoms with van der Waals surface area (Å²) in [5.41, 5.74) is 4.62. The molecule has 0 bridgehead atoms. The van der Waals surface area contributed by atoms with Crippen molar-refractivity contribution in [2.24, 2.45) is 0 Å². The highest BCUT2D eigenvalue weighted by molar-refractivity contribution is 9.10. The molecule has 0 aliphatic heterocycles. The lowest BCUT2D eigenvalue weighted by atomic mass is 10.1. The van der Waals surface area contributed by atoms with Crippen LogP contribution in [0.5, 0.6) is 5.75 Å². The van der Waals surface area contributed by atoms with Crippen LogP contribution < -0.4 is 4.74 Å². The number of carbonyl (C=O) groups excluding carboxylic acids is 1. The second kappa shape index (κ2) is 7.18. The number of aldehydes is 1. The summed E-state index contributed by atoms with van der Waals surface area (Å²) in [4.78, 5) is 11.6. The number of carbonyl (C=O) groups is 1. The Bertz CT molecular complexity index is 1070. The number of hydrogen-bond acceptors (Lipinski definition) is 2. The van der Waals surface area contributed by atoms with E-state index in [1.165, 1.54) is 0 Å². The number of hydrogen-bond donors (Lipinski definition) is 0. The molecule has 0 saturated heterocycles. The van der Waals surface area contributed by atoms with Crippen molar-refractivity contribution in [2.75, 3.05) is 0 Å². The molecule has 0 atom stereocenters. The lowest BCUT2D eigenvalue weighted by molar-refractivity contribution is 0.111. The largest absolute Gasteiger partial charge is 0.488 e. The number of benzene rings is 2. The van der Waals surface area contributed by atoms with Gasteiger partial charge in [0.25, 0.3) is 0 Å². The average molecular weight is 406 g/mol. The Morgan fingerprint density at radius 1 is 0.962 bits per heavy atom. The third-order valence-electron chi connectivity index (χ3n) is 4.31. The summed E-state index contributed by atoms with van der Waals surface area (Å²) >= 11 is 3.59. The van der Waals surface area contributed by atoms with E-state index in [9.17, 15) is 4.79 Å². The Morgan fingerprint density at radius 3 is 2.54 bits per heavy atom. The monoisotopic (exact) mass is 405 g/mol. The quantitative estimate of drug-likeness (QED) is 0.395. The zero-order valence-electron chi connectivity index (χ0n) is 13.9. The molecular formula is C22H16BrNO2. The van der Waals surface area contributed by atoms with Gasteiger partial charge in [-0.25, -0.2) is 0 Å². The van der Waals surface area contributed by atoms with E-state index >= 15 is 0 Å². The summed E-state index contributed by atoms with van der Waals surface area (Å²) in [6, 6.07) is 23.8. The fourth-order valence-electron chi connectivity index (χ4n) is 3.02. The van der Waals surface area contributed by atoms with Crippen molar-refractivity contribution in [3.8, 4) is 16.9 Å². The molecule has 0 saturated carbocycles. The van der Waals surface area contributed by atoms with E-state index in [2.05, 4.69) is 15.9 Å². The first kappa shape index (κ1) is 16.6. The fourth-order valence-corrected chi connectivity index (χ4v) is 3.51. The minimum atomic E-state index is 0.508. The standard InChI is InChI=1S/C22H16BrNO2/c23-20-12-17(9-10-22(20)26-15-16-6-2-1-3-7-16)19-13-18-8-4-5-11-24(18)21(19)14-25/h1-14H,15H2. The van der Waals surface area contributed by atoms with Crippen molar-refractivity contribution in [1.29, 1.82) is 0 Å². The minimum Gasteiger partial charge on any atom is -0.488 e. The third kappa shape index (κ3) is 3.16. The smallest absolute Gasteiger partial charge is 0.167 e. The molecule has 0 N–H and O–H groups in total. The van der Waals surface area contributed by atoms with Crippen molar-refractivity contribution in [1.82, 2.24) is 4.40 Å². The first-order chi connectivity index (χ1) is 12.8. The number of fused-ring (bicyclic) bond motifs is 1. The highest BCUT2D eigenvalue weighted by atomic mass is 79.9. The fraction of sp³-hybridized carbons (Fsp3) is 0.0455. The van der Waals surface area contributed by atoms with Gasteiger partial charge in [0.2, 0.25) is 0 Å². The van der Waals surface area contributed by atoms with Gasteiger partial charge in [0.15, 0.2) is 6.29 Å². The van der Waals surface area contributed by atoms with Crippen LogP contribution in [-0.2, 0) is 6.61 Å². The van der Waals surface area contributed by atoms with Gasteiger partial charge in [-0.2, -0.15) is 0 Å². The van der Waals surface area contributed by atoms with Gasteiger partial charge < -0.3 is 9.14 Å². The lowest BCUT2D eigenvalue weighted by Gasteiger charge is -2.10. The summed E-state index contributed by atoms with van der Waals surface area (Å²) in [5.74, 6) is 0.772. The second-order valence-corrected chi connectivity index (χ2v) is 6.83. The minimum absolute atomic E-state index is 0.508.